The maximum absolute atomic E-state index is 4.56. The Morgan fingerprint density at radius 2 is 1.76 bits per heavy atom. The van der Waals surface area contributed by atoms with E-state index in [1.807, 2.05) is 30.5 Å². The average Bonchev–Trinajstić information content (AvgIpc) is 2.29. The van der Waals surface area contributed by atoms with Gasteiger partial charge in [0.15, 0.2) is 0 Å². The Labute approximate surface area is 103 Å². The molecule has 0 spiro atoms. The molecule has 0 aliphatic rings. The molecular weight excluding hydrogens is 206 g/mol. The molecule has 0 atom stereocenters. The molecule has 0 N–H and O–H groups in total. The van der Waals surface area contributed by atoms with Crippen molar-refractivity contribution >= 4 is 11.9 Å². The second-order valence-electron chi connectivity index (χ2n) is 4.32. The Hall–Kier alpha value is -1.89. The van der Waals surface area contributed by atoms with Crippen LogP contribution in [0, 0.1) is 26.8 Å². The maximum Gasteiger partial charge on any atom is 0.0688 e. The average molecular weight is 222 g/mol. The van der Waals surface area contributed by atoms with Crippen molar-refractivity contribution in [2.24, 2.45) is 4.99 Å². The van der Waals surface area contributed by atoms with Crippen molar-refractivity contribution in [1.82, 2.24) is 0 Å². The quantitative estimate of drug-likeness (QED) is 0.676. The van der Waals surface area contributed by atoms with Crippen molar-refractivity contribution in [3.63, 3.8) is 0 Å². The zero-order valence-corrected chi connectivity index (χ0v) is 10.5. The molecule has 17 heavy (non-hydrogen) atoms. The molecule has 0 aliphatic heterocycles. The third-order valence-electron chi connectivity index (χ3n) is 2.70. The van der Waals surface area contributed by atoms with E-state index in [2.05, 4.69) is 44.0 Å². The maximum atomic E-state index is 4.56. The number of nitrogens with zero attached hydrogens (tertiary/aromatic N) is 1. The number of rotatable bonds is 2. The van der Waals surface area contributed by atoms with E-state index in [1.165, 1.54) is 16.7 Å². The van der Waals surface area contributed by atoms with Gasteiger partial charge in [-0.1, -0.05) is 42.0 Å². The highest BCUT2D eigenvalue weighted by Crippen LogP contribution is 2.24. The van der Waals surface area contributed by atoms with Gasteiger partial charge >= 0.3 is 0 Å². The predicted octanol–water partition coefficient (Wildman–Crippen LogP) is 4.16. The zero-order chi connectivity index (χ0) is 12.3. The summed E-state index contributed by atoms with van der Waals surface area (Å²) >= 11 is 0. The number of benzene rings is 2. The van der Waals surface area contributed by atoms with E-state index in [4.69, 9.17) is 0 Å². The first-order chi connectivity index (χ1) is 8.16. The van der Waals surface area contributed by atoms with Crippen LogP contribution in [0.1, 0.15) is 22.3 Å². The van der Waals surface area contributed by atoms with Crippen molar-refractivity contribution in [1.29, 1.82) is 0 Å². The molecule has 0 saturated heterocycles. The monoisotopic (exact) mass is 222 g/mol. The first-order valence-electron chi connectivity index (χ1n) is 5.75. The molecule has 0 aliphatic carbocycles. The van der Waals surface area contributed by atoms with E-state index in [0.29, 0.717) is 0 Å². The fourth-order valence-corrected chi connectivity index (χ4v) is 2.00. The Morgan fingerprint density at radius 1 is 1.06 bits per heavy atom. The van der Waals surface area contributed by atoms with Gasteiger partial charge in [-0.2, -0.15) is 0 Å². The molecule has 0 amide bonds. The fraction of sp³-hybridized carbons (Fsp3) is 0.188. The number of aliphatic imine (C=N–C) groups is 1. The third-order valence-corrected chi connectivity index (χ3v) is 2.70. The second kappa shape index (κ2) is 4.96. The van der Waals surface area contributed by atoms with Gasteiger partial charge in [-0.05, 0) is 38.0 Å². The van der Waals surface area contributed by atoms with Crippen LogP contribution in [-0.2, 0) is 0 Å². The lowest BCUT2D eigenvalue weighted by atomic mass is 10.1. The van der Waals surface area contributed by atoms with E-state index in [-0.39, 0.29) is 0 Å². The van der Waals surface area contributed by atoms with Gasteiger partial charge in [0.05, 0.1) is 5.69 Å². The fourth-order valence-electron chi connectivity index (χ4n) is 2.00. The summed E-state index contributed by atoms with van der Waals surface area (Å²) in [7, 11) is 0. The summed E-state index contributed by atoms with van der Waals surface area (Å²) in [5, 5.41) is 0. The lowest BCUT2D eigenvalue weighted by Crippen LogP contribution is -1.85. The Balaban J connectivity index is 2.34. The molecule has 1 radical (unpaired) electrons. The Morgan fingerprint density at radius 3 is 2.35 bits per heavy atom. The summed E-state index contributed by atoms with van der Waals surface area (Å²) in [4.78, 5) is 4.56. The third kappa shape index (κ3) is 2.82. The van der Waals surface area contributed by atoms with Crippen LogP contribution in [0.2, 0.25) is 0 Å². The largest absolute Gasteiger partial charge is 0.256 e. The number of aryl methyl sites for hydroxylation is 3. The van der Waals surface area contributed by atoms with Crippen LogP contribution in [0.3, 0.4) is 0 Å². The minimum absolute atomic E-state index is 1.01. The van der Waals surface area contributed by atoms with Gasteiger partial charge in [0.1, 0.15) is 0 Å². The van der Waals surface area contributed by atoms with Crippen molar-refractivity contribution < 1.29 is 0 Å². The molecular formula is C16H16N. The lowest BCUT2D eigenvalue weighted by Gasteiger charge is -2.06. The summed E-state index contributed by atoms with van der Waals surface area (Å²) in [5.41, 5.74) is 5.79. The lowest BCUT2D eigenvalue weighted by molar-refractivity contribution is 1.29. The highest BCUT2D eigenvalue weighted by Gasteiger charge is 2.01. The second-order valence-corrected chi connectivity index (χ2v) is 4.32. The van der Waals surface area contributed by atoms with E-state index in [0.717, 1.165) is 11.3 Å². The molecule has 1 nitrogen and oxygen atoms in total. The highest BCUT2D eigenvalue weighted by atomic mass is 14.7. The summed E-state index contributed by atoms with van der Waals surface area (Å²) in [6.07, 6.45) is 1.87. The van der Waals surface area contributed by atoms with Crippen molar-refractivity contribution in [2.45, 2.75) is 20.8 Å². The summed E-state index contributed by atoms with van der Waals surface area (Å²) < 4.78 is 0. The minimum atomic E-state index is 1.01. The molecule has 2 rings (SSSR count). The van der Waals surface area contributed by atoms with E-state index < -0.39 is 0 Å². The molecule has 0 unspecified atom stereocenters. The van der Waals surface area contributed by atoms with Crippen LogP contribution >= 0.6 is 0 Å². The van der Waals surface area contributed by atoms with Crippen LogP contribution in [0.4, 0.5) is 5.69 Å². The molecule has 0 heterocycles. The first kappa shape index (κ1) is 11.6. The molecule has 2 aromatic rings. The van der Waals surface area contributed by atoms with Gasteiger partial charge in [0.25, 0.3) is 0 Å². The number of hydrogen-bond acceptors (Lipinski definition) is 1. The van der Waals surface area contributed by atoms with E-state index in [9.17, 15) is 0 Å². The van der Waals surface area contributed by atoms with Gasteiger partial charge in [0, 0.05) is 11.8 Å². The molecule has 85 valence electrons. The van der Waals surface area contributed by atoms with Gasteiger partial charge in [-0.15, -0.1) is 0 Å². The topological polar surface area (TPSA) is 12.4 Å². The van der Waals surface area contributed by atoms with Gasteiger partial charge in [0.2, 0.25) is 0 Å². The van der Waals surface area contributed by atoms with Crippen molar-refractivity contribution in [3.05, 3.63) is 64.7 Å². The molecule has 1 heteroatoms. The Bertz CT molecular complexity index is 516. The van der Waals surface area contributed by atoms with Gasteiger partial charge in [-0.3, -0.25) is 4.99 Å². The van der Waals surface area contributed by atoms with Crippen molar-refractivity contribution in [2.75, 3.05) is 0 Å². The molecule has 0 saturated carbocycles. The smallest absolute Gasteiger partial charge is 0.0688 e. The Kier molecular flexibility index (Phi) is 3.38. The van der Waals surface area contributed by atoms with Crippen LogP contribution in [0.5, 0.6) is 0 Å². The summed E-state index contributed by atoms with van der Waals surface area (Å²) in [6, 6.07) is 15.3. The van der Waals surface area contributed by atoms with E-state index in [1.54, 1.807) is 0 Å². The first-order valence-corrected chi connectivity index (χ1v) is 5.75. The van der Waals surface area contributed by atoms with Gasteiger partial charge in [-0.25, -0.2) is 0 Å². The van der Waals surface area contributed by atoms with Crippen molar-refractivity contribution in [3.8, 4) is 0 Å². The SMILES string of the molecule is Cc1cc(C)c(N=Cc2[c]cccc2)c(C)c1. The summed E-state index contributed by atoms with van der Waals surface area (Å²) in [5.74, 6) is 0. The molecule has 0 bridgehead atoms. The molecule has 0 fully saturated rings. The van der Waals surface area contributed by atoms with Gasteiger partial charge < -0.3 is 0 Å². The number of hydrogen-bond donors (Lipinski definition) is 0. The highest BCUT2D eigenvalue weighted by molar-refractivity contribution is 5.82. The van der Waals surface area contributed by atoms with Crippen LogP contribution in [-0.4, -0.2) is 6.21 Å². The normalized spacial score (nSPS) is 11.0. The van der Waals surface area contributed by atoms with Crippen LogP contribution < -0.4 is 0 Å². The predicted molar refractivity (Wildman–Crippen MR) is 73.2 cm³/mol. The van der Waals surface area contributed by atoms with Crippen LogP contribution in [0.25, 0.3) is 0 Å². The van der Waals surface area contributed by atoms with Crippen LogP contribution in [0.15, 0.2) is 41.4 Å². The summed E-state index contributed by atoms with van der Waals surface area (Å²) in [6.45, 7) is 6.31. The van der Waals surface area contributed by atoms with E-state index >= 15 is 0 Å². The minimum Gasteiger partial charge on any atom is -0.256 e. The zero-order valence-electron chi connectivity index (χ0n) is 10.5. The molecule has 0 aromatic heterocycles. The standard InChI is InChI=1S/C16H16N/c1-12-9-13(2)16(14(3)10-12)17-11-15-7-5-4-6-8-15/h4-7,9-11H,1-3H3. The molecule has 2 aromatic carbocycles.